The lowest BCUT2D eigenvalue weighted by atomic mass is 10.1. The van der Waals surface area contributed by atoms with Gasteiger partial charge in [0.2, 0.25) is 5.95 Å². The van der Waals surface area contributed by atoms with E-state index in [2.05, 4.69) is 33.0 Å². The Morgan fingerprint density at radius 3 is 2.90 bits per heavy atom. The van der Waals surface area contributed by atoms with Gasteiger partial charge in [-0.15, -0.1) is 11.3 Å². The van der Waals surface area contributed by atoms with Crippen LogP contribution in [0.2, 0.25) is 5.02 Å². The van der Waals surface area contributed by atoms with Crippen LogP contribution in [0, 0.1) is 0 Å². The lowest BCUT2D eigenvalue weighted by molar-refractivity contribution is 0.593. The summed E-state index contributed by atoms with van der Waals surface area (Å²) in [5.74, 6) is 0.616. The van der Waals surface area contributed by atoms with Gasteiger partial charge in [-0.1, -0.05) is 41.0 Å². The van der Waals surface area contributed by atoms with Crippen molar-refractivity contribution in [1.82, 2.24) is 20.2 Å². The molecule has 0 fully saturated rings. The number of rotatable bonds is 2. The highest BCUT2D eigenvalue weighted by Gasteiger charge is 2.25. The number of benzene rings is 1. The van der Waals surface area contributed by atoms with Crippen LogP contribution in [0.25, 0.3) is 5.70 Å². The minimum Gasteiger partial charge on any atom is -0.323 e. The normalized spacial score (nSPS) is 17.0. The van der Waals surface area contributed by atoms with E-state index in [0.29, 0.717) is 11.0 Å². The third-order valence-electron chi connectivity index (χ3n) is 3.33. The van der Waals surface area contributed by atoms with Crippen molar-refractivity contribution >= 4 is 34.6 Å². The summed E-state index contributed by atoms with van der Waals surface area (Å²) < 4.78 is 1.77. The molecular formula is C14H10ClN5S. The summed E-state index contributed by atoms with van der Waals surface area (Å²) >= 11 is 7.97. The predicted molar refractivity (Wildman–Crippen MR) is 83.3 cm³/mol. The lowest BCUT2D eigenvalue weighted by Crippen LogP contribution is -2.19. The fourth-order valence-corrected chi connectivity index (χ4v) is 3.37. The van der Waals surface area contributed by atoms with Crippen LogP contribution in [0.1, 0.15) is 16.5 Å². The van der Waals surface area contributed by atoms with E-state index in [1.165, 1.54) is 4.88 Å². The first-order chi connectivity index (χ1) is 10.3. The number of aromatic nitrogens is 4. The monoisotopic (exact) mass is 315 g/mol. The van der Waals surface area contributed by atoms with Crippen molar-refractivity contribution in [3.63, 3.8) is 0 Å². The highest BCUT2D eigenvalue weighted by molar-refractivity contribution is 7.10. The molecule has 3 aromatic rings. The van der Waals surface area contributed by atoms with Crippen LogP contribution in [-0.2, 0) is 0 Å². The molecule has 1 aliphatic heterocycles. The molecule has 1 aliphatic rings. The molecule has 0 saturated heterocycles. The smallest absolute Gasteiger partial charge is 0.248 e. The molecule has 0 radical (unpaired) electrons. The number of nitrogens with zero attached hydrogens (tertiary/aromatic N) is 4. The van der Waals surface area contributed by atoms with E-state index >= 15 is 0 Å². The Morgan fingerprint density at radius 2 is 2.10 bits per heavy atom. The molecule has 3 heterocycles. The minimum atomic E-state index is -0.0254. The number of halogens is 1. The molecule has 0 unspecified atom stereocenters. The van der Waals surface area contributed by atoms with Crippen molar-refractivity contribution in [2.75, 3.05) is 5.32 Å². The van der Waals surface area contributed by atoms with Gasteiger partial charge in [0.05, 0.1) is 0 Å². The molecule has 0 saturated carbocycles. The number of thiophene rings is 1. The molecule has 0 amide bonds. The van der Waals surface area contributed by atoms with E-state index in [1.807, 2.05) is 35.7 Å². The van der Waals surface area contributed by atoms with E-state index in [-0.39, 0.29) is 6.04 Å². The average Bonchev–Trinajstić information content (AvgIpc) is 3.18. The van der Waals surface area contributed by atoms with E-state index in [1.54, 1.807) is 16.0 Å². The van der Waals surface area contributed by atoms with Crippen molar-refractivity contribution in [3.05, 3.63) is 63.3 Å². The first kappa shape index (κ1) is 12.6. The molecule has 1 N–H and O–H groups in total. The zero-order valence-corrected chi connectivity index (χ0v) is 12.3. The van der Waals surface area contributed by atoms with Gasteiger partial charge in [-0.05, 0) is 34.0 Å². The van der Waals surface area contributed by atoms with Crippen molar-refractivity contribution in [1.29, 1.82) is 0 Å². The van der Waals surface area contributed by atoms with Gasteiger partial charge in [0.1, 0.15) is 6.04 Å². The average molecular weight is 316 g/mol. The lowest BCUT2D eigenvalue weighted by Gasteiger charge is -2.22. The van der Waals surface area contributed by atoms with E-state index in [4.69, 9.17) is 11.6 Å². The zero-order chi connectivity index (χ0) is 14.2. The maximum Gasteiger partial charge on any atom is 0.248 e. The van der Waals surface area contributed by atoms with Gasteiger partial charge in [-0.3, -0.25) is 0 Å². The fourth-order valence-electron chi connectivity index (χ4n) is 2.35. The predicted octanol–water partition coefficient (Wildman–Crippen LogP) is 3.44. The third kappa shape index (κ3) is 2.12. The van der Waals surface area contributed by atoms with Crippen LogP contribution in [0.3, 0.4) is 0 Å². The first-order valence-corrected chi connectivity index (χ1v) is 7.64. The zero-order valence-electron chi connectivity index (χ0n) is 10.8. The van der Waals surface area contributed by atoms with Gasteiger partial charge in [0.15, 0.2) is 0 Å². The molecule has 104 valence electrons. The van der Waals surface area contributed by atoms with Crippen LogP contribution in [0.4, 0.5) is 5.95 Å². The summed E-state index contributed by atoms with van der Waals surface area (Å²) in [7, 11) is 0. The van der Waals surface area contributed by atoms with Crippen molar-refractivity contribution in [2.24, 2.45) is 0 Å². The highest BCUT2D eigenvalue weighted by atomic mass is 35.5. The Balaban J connectivity index is 1.85. The Kier molecular flexibility index (Phi) is 2.98. The third-order valence-corrected chi connectivity index (χ3v) is 4.60. The van der Waals surface area contributed by atoms with Gasteiger partial charge in [0.25, 0.3) is 0 Å². The van der Waals surface area contributed by atoms with Crippen molar-refractivity contribution in [2.45, 2.75) is 6.04 Å². The Hall–Kier alpha value is -2.18. The van der Waals surface area contributed by atoms with Crippen LogP contribution < -0.4 is 5.32 Å². The molecular weight excluding hydrogens is 306 g/mol. The van der Waals surface area contributed by atoms with Crippen molar-refractivity contribution in [3.8, 4) is 0 Å². The summed E-state index contributed by atoms with van der Waals surface area (Å²) in [4.78, 5) is 1.18. The topological polar surface area (TPSA) is 55.6 Å². The van der Waals surface area contributed by atoms with E-state index < -0.39 is 0 Å². The van der Waals surface area contributed by atoms with Crippen molar-refractivity contribution < 1.29 is 0 Å². The second-order valence-corrected chi connectivity index (χ2v) is 5.98. The molecule has 2 aromatic heterocycles. The molecule has 0 aliphatic carbocycles. The number of hydrogen-bond donors (Lipinski definition) is 1. The summed E-state index contributed by atoms with van der Waals surface area (Å²) in [6, 6.07) is 11.8. The number of allylic oxidation sites excluding steroid dienone is 1. The SMILES string of the molecule is Clc1ccccc1C1=C[C@@H](c2cccs2)n2nnnc2N1. The number of tetrazole rings is 1. The fraction of sp³-hybridized carbons (Fsp3) is 0.0714. The molecule has 21 heavy (non-hydrogen) atoms. The van der Waals surface area contributed by atoms with Crippen LogP contribution in [0.15, 0.2) is 47.9 Å². The quantitative estimate of drug-likeness (QED) is 0.787. The van der Waals surface area contributed by atoms with Gasteiger partial charge in [-0.25, -0.2) is 0 Å². The maximum atomic E-state index is 6.29. The van der Waals surface area contributed by atoms with Gasteiger partial charge >= 0.3 is 0 Å². The first-order valence-electron chi connectivity index (χ1n) is 6.38. The number of fused-ring (bicyclic) bond motifs is 1. The van der Waals surface area contributed by atoms with Crippen LogP contribution in [-0.4, -0.2) is 20.2 Å². The summed E-state index contributed by atoms with van der Waals surface area (Å²) in [5.41, 5.74) is 1.86. The number of hydrogen-bond acceptors (Lipinski definition) is 5. The molecule has 1 aromatic carbocycles. The largest absolute Gasteiger partial charge is 0.323 e. The maximum absolute atomic E-state index is 6.29. The minimum absolute atomic E-state index is 0.0254. The van der Waals surface area contributed by atoms with Gasteiger partial charge < -0.3 is 5.32 Å². The second kappa shape index (κ2) is 4.98. The molecule has 5 nitrogen and oxygen atoms in total. The molecule has 7 heteroatoms. The van der Waals surface area contributed by atoms with Gasteiger partial charge in [-0.2, -0.15) is 4.68 Å². The summed E-state index contributed by atoms with van der Waals surface area (Å²) in [6.07, 6.45) is 2.09. The molecule has 0 bridgehead atoms. The van der Waals surface area contributed by atoms with Gasteiger partial charge in [0, 0.05) is 21.2 Å². The Bertz CT molecular complexity index is 808. The van der Waals surface area contributed by atoms with Crippen LogP contribution >= 0.6 is 22.9 Å². The number of nitrogens with one attached hydrogen (secondary N) is 1. The molecule has 1 atom stereocenters. The second-order valence-electron chi connectivity index (χ2n) is 4.59. The van der Waals surface area contributed by atoms with E-state index in [9.17, 15) is 0 Å². The van der Waals surface area contributed by atoms with E-state index in [0.717, 1.165) is 11.3 Å². The highest BCUT2D eigenvalue weighted by Crippen LogP contribution is 2.35. The standard InChI is InChI=1S/C14H10ClN5S/c15-10-5-2-1-4-9(10)11-8-12(13-6-3-7-21-13)20-14(16-11)17-18-19-20/h1-8,12H,(H,16,17,19)/t12-/m0/s1. The molecule has 4 rings (SSSR count). The Morgan fingerprint density at radius 1 is 1.19 bits per heavy atom. The Labute approximate surface area is 129 Å². The molecule has 0 spiro atoms. The summed E-state index contributed by atoms with van der Waals surface area (Å²) in [6.45, 7) is 0. The number of anilines is 1. The van der Waals surface area contributed by atoms with Crippen LogP contribution in [0.5, 0.6) is 0 Å². The summed E-state index contributed by atoms with van der Waals surface area (Å²) in [5, 5.41) is 17.8.